The van der Waals surface area contributed by atoms with Crippen molar-refractivity contribution in [3.8, 4) is 0 Å². The fourth-order valence-electron chi connectivity index (χ4n) is 6.59. The molecule has 0 unspecified atom stereocenters. The molecule has 2 aromatic carbocycles. The van der Waals surface area contributed by atoms with Crippen LogP contribution < -0.4 is 5.73 Å². The van der Waals surface area contributed by atoms with Crippen LogP contribution in [0.1, 0.15) is 54.7 Å². The highest BCUT2D eigenvalue weighted by atomic mass is 16.5. The van der Waals surface area contributed by atoms with E-state index in [1.165, 1.54) is 44.1 Å². The minimum absolute atomic E-state index is 0.197. The Balaban J connectivity index is 1.35. The maximum atomic E-state index is 6.74. The second-order valence-corrected chi connectivity index (χ2v) is 9.05. The number of fused-ring (bicyclic) bond motifs is 5. The van der Waals surface area contributed by atoms with Gasteiger partial charge in [0, 0.05) is 11.5 Å². The van der Waals surface area contributed by atoms with Crippen LogP contribution in [0.4, 0.5) is 0 Å². The van der Waals surface area contributed by atoms with Gasteiger partial charge in [-0.05, 0) is 73.0 Å². The van der Waals surface area contributed by atoms with Crippen molar-refractivity contribution in [3.63, 3.8) is 0 Å². The SMILES string of the molecule is N[C@H]1CC[C@H]2[C@@H]3CCc4ccccc4[C@H]3CC[C@]12COCc1ccccc1. The molecule has 2 nitrogen and oxygen atoms in total. The van der Waals surface area contributed by atoms with E-state index in [1.54, 1.807) is 11.1 Å². The number of hydrogen-bond acceptors (Lipinski definition) is 2. The lowest BCUT2D eigenvalue weighted by Gasteiger charge is -2.51. The molecule has 2 heteroatoms. The van der Waals surface area contributed by atoms with Crippen LogP contribution in [0.5, 0.6) is 0 Å². The van der Waals surface area contributed by atoms with Crippen molar-refractivity contribution in [3.05, 3.63) is 71.3 Å². The summed E-state index contributed by atoms with van der Waals surface area (Å²) in [5.74, 6) is 2.27. The van der Waals surface area contributed by atoms with Crippen molar-refractivity contribution in [1.29, 1.82) is 0 Å². The molecule has 3 aliphatic carbocycles. The molecule has 0 aromatic heterocycles. The van der Waals surface area contributed by atoms with Crippen molar-refractivity contribution in [2.24, 2.45) is 23.0 Å². The van der Waals surface area contributed by atoms with Gasteiger partial charge in [-0.3, -0.25) is 0 Å². The molecule has 2 saturated carbocycles. The lowest BCUT2D eigenvalue weighted by Crippen LogP contribution is -2.51. The lowest BCUT2D eigenvalue weighted by atomic mass is 9.54. The summed E-state index contributed by atoms with van der Waals surface area (Å²) in [5.41, 5.74) is 11.4. The van der Waals surface area contributed by atoms with Crippen LogP contribution in [-0.4, -0.2) is 12.6 Å². The first kappa shape index (κ1) is 17.5. The molecule has 0 spiro atoms. The normalized spacial score (nSPS) is 34.6. The molecule has 0 heterocycles. The van der Waals surface area contributed by atoms with Gasteiger partial charge in [0.15, 0.2) is 0 Å². The summed E-state index contributed by atoms with van der Waals surface area (Å²) < 4.78 is 6.30. The number of benzene rings is 2. The van der Waals surface area contributed by atoms with Gasteiger partial charge in [-0.15, -0.1) is 0 Å². The molecule has 0 radical (unpaired) electrons. The molecule has 0 amide bonds. The Morgan fingerprint density at radius 3 is 2.63 bits per heavy atom. The molecule has 2 N–H and O–H groups in total. The van der Waals surface area contributed by atoms with E-state index >= 15 is 0 Å². The van der Waals surface area contributed by atoms with E-state index in [0.29, 0.717) is 12.6 Å². The van der Waals surface area contributed by atoms with Crippen LogP contribution in [0, 0.1) is 17.3 Å². The molecule has 0 bridgehead atoms. The van der Waals surface area contributed by atoms with Crippen LogP contribution in [0.3, 0.4) is 0 Å². The highest BCUT2D eigenvalue weighted by Gasteiger charge is 2.56. The summed E-state index contributed by atoms with van der Waals surface area (Å²) in [6.07, 6.45) is 7.54. The Morgan fingerprint density at radius 2 is 1.74 bits per heavy atom. The van der Waals surface area contributed by atoms with Crippen molar-refractivity contribution in [2.45, 2.75) is 57.1 Å². The zero-order chi connectivity index (χ0) is 18.3. The number of nitrogens with two attached hydrogens (primary N) is 1. The zero-order valence-electron chi connectivity index (χ0n) is 16.1. The van der Waals surface area contributed by atoms with E-state index in [9.17, 15) is 0 Å². The van der Waals surface area contributed by atoms with Gasteiger partial charge < -0.3 is 10.5 Å². The predicted octanol–water partition coefficient (Wildman–Crippen LogP) is 5.07. The van der Waals surface area contributed by atoms with Crippen LogP contribution in [0.15, 0.2) is 54.6 Å². The monoisotopic (exact) mass is 361 g/mol. The minimum atomic E-state index is 0.197. The molecule has 3 aliphatic rings. The lowest BCUT2D eigenvalue weighted by molar-refractivity contribution is -0.0489. The molecule has 5 rings (SSSR count). The van der Waals surface area contributed by atoms with Gasteiger partial charge in [0.25, 0.3) is 0 Å². The van der Waals surface area contributed by atoms with Crippen molar-refractivity contribution in [1.82, 2.24) is 0 Å². The third-order valence-electron chi connectivity index (χ3n) is 7.90. The molecule has 142 valence electrons. The highest BCUT2D eigenvalue weighted by Crippen LogP contribution is 2.60. The van der Waals surface area contributed by atoms with E-state index in [2.05, 4.69) is 54.6 Å². The van der Waals surface area contributed by atoms with Gasteiger partial charge in [-0.2, -0.15) is 0 Å². The minimum Gasteiger partial charge on any atom is -0.376 e. The number of ether oxygens (including phenoxy) is 1. The van der Waals surface area contributed by atoms with E-state index in [0.717, 1.165) is 24.4 Å². The first-order valence-corrected chi connectivity index (χ1v) is 10.7. The van der Waals surface area contributed by atoms with Gasteiger partial charge in [-0.25, -0.2) is 0 Å². The molecule has 27 heavy (non-hydrogen) atoms. The van der Waals surface area contributed by atoms with Crippen LogP contribution in [-0.2, 0) is 17.8 Å². The van der Waals surface area contributed by atoms with Gasteiger partial charge in [-0.1, -0.05) is 54.6 Å². The summed E-state index contributed by atoms with van der Waals surface area (Å²) in [6.45, 7) is 1.54. The molecule has 5 atom stereocenters. The standard InChI is InChI=1S/C25H31NO/c26-24-13-12-23-22-11-10-19-8-4-5-9-20(19)21(22)14-15-25(23,24)17-27-16-18-6-2-1-3-7-18/h1-9,21-24H,10-17,26H2/t21-,22-,23+,24+,25-/m1/s1. The average Bonchev–Trinajstić information content (AvgIpc) is 3.05. The zero-order valence-corrected chi connectivity index (χ0v) is 16.1. The van der Waals surface area contributed by atoms with Crippen molar-refractivity contribution >= 4 is 0 Å². The van der Waals surface area contributed by atoms with Crippen LogP contribution in [0.25, 0.3) is 0 Å². The Labute approximate surface area is 163 Å². The Bertz CT molecular complexity index is 788. The summed E-state index contributed by atoms with van der Waals surface area (Å²) in [5, 5.41) is 0. The fourth-order valence-corrected chi connectivity index (χ4v) is 6.59. The largest absolute Gasteiger partial charge is 0.376 e. The quantitative estimate of drug-likeness (QED) is 0.825. The molecular formula is C25H31NO. The van der Waals surface area contributed by atoms with E-state index in [1.807, 2.05) is 0 Å². The van der Waals surface area contributed by atoms with Crippen molar-refractivity contribution < 1.29 is 4.74 Å². The first-order valence-electron chi connectivity index (χ1n) is 10.7. The fraction of sp³-hybridized carbons (Fsp3) is 0.520. The first-order chi connectivity index (χ1) is 13.3. The van der Waals surface area contributed by atoms with E-state index in [-0.39, 0.29) is 5.41 Å². The van der Waals surface area contributed by atoms with Gasteiger partial charge in [0.05, 0.1) is 13.2 Å². The summed E-state index contributed by atoms with van der Waals surface area (Å²) >= 11 is 0. The Kier molecular flexibility index (Phi) is 4.57. The highest BCUT2D eigenvalue weighted by molar-refractivity contribution is 5.35. The molecular weight excluding hydrogens is 330 g/mol. The average molecular weight is 362 g/mol. The maximum absolute atomic E-state index is 6.74. The van der Waals surface area contributed by atoms with Gasteiger partial charge >= 0.3 is 0 Å². The van der Waals surface area contributed by atoms with Crippen LogP contribution >= 0.6 is 0 Å². The van der Waals surface area contributed by atoms with Crippen molar-refractivity contribution in [2.75, 3.05) is 6.61 Å². The molecule has 0 saturated heterocycles. The number of aryl methyl sites for hydroxylation is 1. The summed E-state index contributed by atoms with van der Waals surface area (Å²) in [6, 6.07) is 20.0. The topological polar surface area (TPSA) is 35.2 Å². The molecule has 0 aliphatic heterocycles. The van der Waals surface area contributed by atoms with E-state index < -0.39 is 0 Å². The number of rotatable bonds is 4. The maximum Gasteiger partial charge on any atom is 0.0717 e. The third-order valence-corrected chi connectivity index (χ3v) is 7.90. The third kappa shape index (κ3) is 2.94. The van der Waals surface area contributed by atoms with E-state index in [4.69, 9.17) is 10.5 Å². The second kappa shape index (κ2) is 7.07. The Morgan fingerprint density at radius 1 is 0.926 bits per heavy atom. The Hall–Kier alpha value is -1.64. The number of hydrogen-bond donors (Lipinski definition) is 1. The second-order valence-electron chi connectivity index (χ2n) is 9.05. The van der Waals surface area contributed by atoms with Gasteiger partial charge in [0.1, 0.15) is 0 Å². The predicted molar refractivity (Wildman–Crippen MR) is 109 cm³/mol. The smallest absolute Gasteiger partial charge is 0.0717 e. The summed E-state index contributed by atoms with van der Waals surface area (Å²) in [4.78, 5) is 0. The molecule has 2 fully saturated rings. The summed E-state index contributed by atoms with van der Waals surface area (Å²) in [7, 11) is 0. The molecule has 2 aromatic rings. The van der Waals surface area contributed by atoms with Crippen LogP contribution in [0.2, 0.25) is 0 Å². The van der Waals surface area contributed by atoms with Gasteiger partial charge in [0.2, 0.25) is 0 Å².